The van der Waals surface area contributed by atoms with Gasteiger partial charge in [-0.15, -0.1) is 0 Å². The van der Waals surface area contributed by atoms with Crippen LogP contribution in [0.15, 0.2) is 59.8 Å². The van der Waals surface area contributed by atoms with Gasteiger partial charge in [-0.2, -0.15) is 0 Å². The van der Waals surface area contributed by atoms with E-state index in [1.165, 1.54) is 6.92 Å². The van der Waals surface area contributed by atoms with Gasteiger partial charge in [0.1, 0.15) is 18.1 Å². The van der Waals surface area contributed by atoms with Crippen molar-refractivity contribution < 1.29 is 28.9 Å². The third-order valence-electron chi connectivity index (χ3n) is 5.55. The summed E-state index contributed by atoms with van der Waals surface area (Å²) >= 11 is 0. The minimum atomic E-state index is -1.54. The standard InChI is InChI=1S/C25H31NO6/c1-18(20-12-14-23(15-13-20)31-22-10-5-4-6-11-22)26-30-16-8-7-9-21-17-29-25(3,24(27)28)32-19(21)2/h4-6,10-15,19,21H,7-9,16-17H2,1-3H3,(H,27,28). The van der Waals surface area contributed by atoms with Crippen LogP contribution in [0, 0.1) is 5.92 Å². The number of ether oxygens (including phenoxy) is 3. The van der Waals surface area contributed by atoms with Crippen LogP contribution in [0.3, 0.4) is 0 Å². The normalized spacial score (nSPS) is 23.5. The number of hydrogen-bond donors (Lipinski definition) is 1. The maximum atomic E-state index is 11.2. The minimum absolute atomic E-state index is 0.167. The number of unbranched alkanes of at least 4 members (excludes halogenated alkanes) is 1. The first kappa shape index (κ1) is 23.8. The summed E-state index contributed by atoms with van der Waals surface area (Å²) in [5, 5.41) is 13.4. The molecule has 1 fully saturated rings. The first-order chi connectivity index (χ1) is 15.4. The number of hydrogen-bond acceptors (Lipinski definition) is 6. The van der Waals surface area contributed by atoms with Crippen LogP contribution in [0.4, 0.5) is 0 Å². The number of rotatable bonds is 10. The van der Waals surface area contributed by atoms with Gasteiger partial charge in [-0.1, -0.05) is 23.4 Å². The van der Waals surface area contributed by atoms with E-state index in [-0.39, 0.29) is 12.0 Å². The Labute approximate surface area is 188 Å². The van der Waals surface area contributed by atoms with E-state index in [1.807, 2.05) is 68.4 Å². The van der Waals surface area contributed by atoms with E-state index in [9.17, 15) is 9.90 Å². The topological polar surface area (TPSA) is 86.6 Å². The van der Waals surface area contributed by atoms with E-state index >= 15 is 0 Å². The number of carboxylic acids is 1. The second-order valence-corrected chi connectivity index (χ2v) is 8.09. The second-order valence-electron chi connectivity index (χ2n) is 8.09. The zero-order valence-corrected chi connectivity index (χ0v) is 18.8. The smallest absolute Gasteiger partial charge is 0.364 e. The molecule has 1 saturated heterocycles. The SMILES string of the molecule is CC(=NOCCCCC1COC(C)(C(=O)O)OC1C)c1ccc(Oc2ccccc2)cc1. The molecule has 1 aliphatic rings. The van der Waals surface area contributed by atoms with Crippen LogP contribution in [0.25, 0.3) is 0 Å². The van der Waals surface area contributed by atoms with Gasteiger partial charge in [-0.3, -0.25) is 0 Å². The second kappa shape index (κ2) is 11.1. The molecule has 0 bridgehead atoms. The van der Waals surface area contributed by atoms with Crippen molar-refractivity contribution in [2.45, 2.75) is 51.9 Å². The molecule has 172 valence electrons. The molecule has 3 rings (SSSR count). The number of para-hydroxylation sites is 1. The summed E-state index contributed by atoms with van der Waals surface area (Å²) in [7, 11) is 0. The molecule has 1 N–H and O–H groups in total. The molecular formula is C25H31NO6. The lowest BCUT2D eigenvalue weighted by Crippen LogP contribution is -2.51. The maximum Gasteiger partial charge on any atom is 0.364 e. The number of benzene rings is 2. The van der Waals surface area contributed by atoms with Crippen molar-refractivity contribution in [3.8, 4) is 11.5 Å². The molecule has 0 saturated carbocycles. The Morgan fingerprint density at radius 1 is 1.12 bits per heavy atom. The van der Waals surface area contributed by atoms with Crippen LogP contribution in [0.1, 0.15) is 45.6 Å². The molecule has 7 heteroatoms. The molecule has 7 nitrogen and oxygen atoms in total. The fourth-order valence-electron chi connectivity index (χ4n) is 3.47. The highest BCUT2D eigenvalue weighted by Gasteiger charge is 2.43. The Hall–Kier alpha value is -2.90. The summed E-state index contributed by atoms with van der Waals surface area (Å²) in [5.41, 5.74) is 1.77. The highest BCUT2D eigenvalue weighted by molar-refractivity contribution is 5.98. The predicted molar refractivity (Wildman–Crippen MR) is 121 cm³/mol. The zero-order valence-electron chi connectivity index (χ0n) is 18.8. The van der Waals surface area contributed by atoms with Gasteiger partial charge in [0.2, 0.25) is 0 Å². The van der Waals surface area contributed by atoms with E-state index < -0.39 is 11.8 Å². The van der Waals surface area contributed by atoms with Gasteiger partial charge in [0.25, 0.3) is 5.79 Å². The molecule has 0 radical (unpaired) electrons. The van der Waals surface area contributed by atoms with Crippen LogP contribution >= 0.6 is 0 Å². The lowest BCUT2D eigenvalue weighted by molar-refractivity contribution is -0.292. The predicted octanol–water partition coefficient (Wildman–Crippen LogP) is 5.24. The third-order valence-corrected chi connectivity index (χ3v) is 5.55. The Morgan fingerprint density at radius 3 is 2.47 bits per heavy atom. The van der Waals surface area contributed by atoms with Crippen molar-refractivity contribution in [3.63, 3.8) is 0 Å². The fraction of sp³-hybridized carbons (Fsp3) is 0.440. The van der Waals surface area contributed by atoms with Crippen molar-refractivity contribution in [2.75, 3.05) is 13.2 Å². The number of aliphatic carboxylic acids is 1. The van der Waals surface area contributed by atoms with Crippen molar-refractivity contribution in [1.82, 2.24) is 0 Å². The van der Waals surface area contributed by atoms with E-state index in [4.69, 9.17) is 19.0 Å². The number of carboxylic acid groups (broad SMARTS) is 1. The molecule has 0 aliphatic carbocycles. The maximum absolute atomic E-state index is 11.2. The van der Waals surface area contributed by atoms with E-state index in [1.54, 1.807) is 0 Å². The van der Waals surface area contributed by atoms with E-state index in [0.29, 0.717) is 13.2 Å². The van der Waals surface area contributed by atoms with Crippen LogP contribution in [-0.2, 0) is 19.1 Å². The molecule has 2 aromatic rings. The summed E-state index contributed by atoms with van der Waals surface area (Å²) < 4.78 is 16.8. The molecule has 3 unspecified atom stereocenters. The molecule has 0 aromatic heterocycles. The molecule has 32 heavy (non-hydrogen) atoms. The van der Waals surface area contributed by atoms with Gasteiger partial charge in [0.15, 0.2) is 0 Å². The third kappa shape index (κ3) is 6.55. The molecule has 0 amide bonds. The Balaban J connectivity index is 1.36. The van der Waals surface area contributed by atoms with Gasteiger partial charge in [-0.25, -0.2) is 4.79 Å². The van der Waals surface area contributed by atoms with Crippen molar-refractivity contribution in [1.29, 1.82) is 0 Å². The van der Waals surface area contributed by atoms with Crippen LogP contribution in [0.2, 0.25) is 0 Å². The molecule has 2 aromatic carbocycles. The van der Waals surface area contributed by atoms with Crippen LogP contribution in [0.5, 0.6) is 11.5 Å². The van der Waals surface area contributed by atoms with Gasteiger partial charge in [0, 0.05) is 12.8 Å². The molecular weight excluding hydrogens is 410 g/mol. The van der Waals surface area contributed by atoms with Gasteiger partial charge in [0.05, 0.1) is 18.4 Å². The Kier molecular flexibility index (Phi) is 8.25. The average molecular weight is 442 g/mol. The van der Waals surface area contributed by atoms with Gasteiger partial charge < -0.3 is 24.2 Å². The van der Waals surface area contributed by atoms with E-state index in [0.717, 1.165) is 42.0 Å². The zero-order chi connectivity index (χ0) is 23.0. The summed E-state index contributed by atoms with van der Waals surface area (Å²) in [6, 6.07) is 17.4. The van der Waals surface area contributed by atoms with Crippen molar-refractivity contribution >= 4 is 11.7 Å². The lowest BCUT2D eigenvalue weighted by atomic mass is 9.96. The van der Waals surface area contributed by atoms with Crippen molar-refractivity contribution in [3.05, 3.63) is 60.2 Å². The minimum Gasteiger partial charge on any atom is -0.477 e. The summed E-state index contributed by atoms with van der Waals surface area (Å²) in [6.45, 7) is 6.15. The highest BCUT2D eigenvalue weighted by Crippen LogP contribution is 2.29. The average Bonchev–Trinajstić information content (AvgIpc) is 2.78. The van der Waals surface area contributed by atoms with Crippen LogP contribution < -0.4 is 4.74 Å². The highest BCUT2D eigenvalue weighted by atomic mass is 16.7. The van der Waals surface area contributed by atoms with Crippen LogP contribution in [-0.4, -0.2) is 41.9 Å². The quantitative estimate of drug-likeness (QED) is 0.308. The molecule has 1 heterocycles. The fourth-order valence-corrected chi connectivity index (χ4v) is 3.47. The first-order valence-corrected chi connectivity index (χ1v) is 10.9. The van der Waals surface area contributed by atoms with Gasteiger partial charge >= 0.3 is 5.97 Å². The molecule has 0 spiro atoms. The number of nitrogens with zero attached hydrogens (tertiary/aromatic N) is 1. The Morgan fingerprint density at radius 2 is 1.81 bits per heavy atom. The summed E-state index contributed by atoms with van der Waals surface area (Å²) in [6.07, 6.45) is 2.48. The van der Waals surface area contributed by atoms with Crippen molar-refractivity contribution in [2.24, 2.45) is 11.1 Å². The molecule has 3 atom stereocenters. The largest absolute Gasteiger partial charge is 0.477 e. The summed E-state index contributed by atoms with van der Waals surface area (Å²) in [5.74, 6) is -0.906. The van der Waals surface area contributed by atoms with E-state index in [2.05, 4.69) is 5.16 Å². The first-order valence-electron chi connectivity index (χ1n) is 10.9. The Bertz CT molecular complexity index is 898. The molecule has 1 aliphatic heterocycles. The number of carbonyl (C=O) groups is 1. The number of oxime groups is 1. The summed E-state index contributed by atoms with van der Waals surface area (Å²) in [4.78, 5) is 16.7. The monoisotopic (exact) mass is 441 g/mol. The lowest BCUT2D eigenvalue weighted by Gasteiger charge is -2.39. The van der Waals surface area contributed by atoms with Gasteiger partial charge in [-0.05, 0) is 75.1 Å².